The number of hydrogen-bond acceptors (Lipinski definition) is 7. The summed E-state index contributed by atoms with van der Waals surface area (Å²) in [5, 5.41) is 3.06. The minimum atomic E-state index is -0.342. The second kappa shape index (κ2) is 9.65. The summed E-state index contributed by atoms with van der Waals surface area (Å²) < 4.78 is 16.5. The topological polar surface area (TPSA) is 131 Å². The molecule has 1 amide bonds. The maximum atomic E-state index is 12.9. The molecule has 10 heteroatoms. The number of imidazole rings is 1. The molecule has 0 fully saturated rings. The Morgan fingerprint density at radius 3 is 2.41 bits per heavy atom. The summed E-state index contributed by atoms with van der Waals surface area (Å²) in [5.74, 6) is 1.91. The number of anilines is 1. The van der Waals surface area contributed by atoms with E-state index in [1.807, 2.05) is 50.2 Å². The molecule has 5 rings (SSSR count). The zero-order valence-corrected chi connectivity index (χ0v) is 20.8. The Morgan fingerprint density at radius 2 is 1.70 bits per heavy atom. The Bertz CT molecular complexity index is 1650. The molecule has 2 heterocycles. The average Bonchev–Trinajstić information content (AvgIpc) is 3.29. The molecule has 37 heavy (non-hydrogen) atoms. The number of aromatic amines is 2. The third-order valence-electron chi connectivity index (χ3n) is 5.93. The second-order valence-electron chi connectivity index (χ2n) is 8.52. The third-order valence-corrected chi connectivity index (χ3v) is 5.93. The summed E-state index contributed by atoms with van der Waals surface area (Å²) in [7, 11) is 3.03. The minimum Gasteiger partial charge on any atom is -0.497 e. The third kappa shape index (κ3) is 4.68. The Balaban J connectivity index is 1.37. The number of methoxy groups -OCH3 is 2. The molecule has 3 aromatic carbocycles. The fraction of sp³-hybridized carbons (Fsp3) is 0.185. The van der Waals surface area contributed by atoms with Crippen LogP contribution in [0.5, 0.6) is 17.2 Å². The number of benzene rings is 3. The highest BCUT2D eigenvalue weighted by molar-refractivity contribution is 5.92. The summed E-state index contributed by atoms with van der Waals surface area (Å²) in [6.45, 7) is 3.55. The summed E-state index contributed by atoms with van der Waals surface area (Å²) in [4.78, 5) is 40.2. The molecule has 0 unspecified atom stereocenters. The Morgan fingerprint density at radius 1 is 0.946 bits per heavy atom. The van der Waals surface area contributed by atoms with Crippen molar-refractivity contribution in [1.29, 1.82) is 0 Å². The van der Waals surface area contributed by atoms with Gasteiger partial charge < -0.3 is 24.2 Å². The highest BCUT2D eigenvalue weighted by atomic mass is 16.5. The lowest BCUT2D eigenvalue weighted by Gasteiger charge is -2.14. The molecule has 0 spiro atoms. The van der Waals surface area contributed by atoms with E-state index < -0.39 is 0 Å². The van der Waals surface area contributed by atoms with E-state index in [1.54, 1.807) is 12.1 Å². The van der Waals surface area contributed by atoms with Gasteiger partial charge in [0.15, 0.2) is 6.61 Å². The van der Waals surface area contributed by atoms with Gasteiger partial charge in [-0.05, 0) is 49.2 Å². The number of rotatable bonds is 7. The maximum Gasteiger partial charge on any atom is 0.264 e. The second-order valence-corrected chi connectivity index (χ2v) is 8.52. The van der Waals surface area contributed by atoms with Crippen molar-refractivity contribution in [3.8, 4) is 28.6 Å². The molecule has 0 bridgehead atoms. The number of H-pyrrole nitrogens is 2. The van der Waals surface area contributed by atoms with Gasteiger partial charge in [-0.1, -0.05) is 12.1 Å². The normalized spacial score (nSPS) is 11.0. The van der Waals surface area contributed by atoms with Crippen LogP contribution in [0, 0.1) is 13.8 Å². The van der Waals surface area contributed by atoms with E-state index in [2.05, 4.69) is 25.3 Å². The van der Waals surface area contributed by atoms with Gasteiger partial charge in [-0.2, -0.15) is 0 Å². The fourth-order valence-electron chi connectivity index (χ4n) is 4.26. The van der Waals surface area contributed by atoms with Gasteiger partial charge in [0.25, 0.3) is 11.5 Å². The van der Waals surface area contributed by atoms with E-state index >= 15 is 0 Å². The molecular formula is C27H25N5O5. The minimum absolute atomic E-state index is 0.192. The van der Waals surface area contributed by atoms with Crippen LogP contribution in [-0.4, -0.2) is 46.7 Å². The van der Waals surface area contributed by atoms with Crippen LogP contribution >= 0.6 is 0 Å². The Hall–Kier alpha value is -4.86. The first-order valence-corrected chi connectivity index (χ1v) is 11.5. The molecule has 5 aromatic rings. The van der Waals surface area contributed by atoms with Crippen molar-refractivity contribution < 1.29 is 19.0 Å². The van der Waals surface area contributed by atoms with Crippen LogP contribution in [0.4, 0.5) is 5.95 Å². The van der Waals surface area contributed by atoms with Gasteiger partial charge in [0.05, 0.1) is 30.8 Å². The van der Waals surface area contributed by atoms with Crippen molar-refractivity contribution in [2.24, 2.45) is 0 Å². The highest BCUT2D eigenvalue weighted by Gasteiger charge is 2.16. The van der Waals surface area contributed by atoms with E-state index in [0.717, 1.165) is 22.2 Å². The largest absolute Gasteiger partial charge is 0.497 e. The van der Waals surface area contributed by atoms with Crippen molar-refractivity contribution in [2.75, 3.05) is 26.1 Å². The monoisotopic (exact) mass is 499 g/mol. The molecule has 3 N–H and O–H groups in total. The van der Waals surface area contributed by atoms with Crippen LogP contribution in [0.15, 0.2) is 53.3 Å². The molecule has 0 aliphatic heterocycles. The number of amides is 1. The van der Waals surface area contributed by atoms with Crippen molar-refractivity contribution in [1.82, 2.24) is 19.9 Å². The van der Waals surface area contributed by atoms with Crippen LogP contribution < -0.4 is 25.1 Å². The van der Waals surface area contributed by atoms with Gasteiger partial charge in [-0.3, -0.25) is 14.9 Å². The summed E-state index contributed by atoms with van der Waals surface area (Å²) >= 11 is 0. The van der Waals surface area contributed by atoms with Crippen LogP contribution in [-0.2, 0) is 4.79 Å². The lowest BCUT2D eigenvalue weighted by Crippen LogP contribution is -2.21. The molecule has 0 aliphatic carbocycles. The van der Waals surface area contributed by atoms with Gasteiger partial charge in [0.1, 0.15) is 28.5 Å². The van der Waals surface area contributed by atoms with Crippen molar-refractivity contribution in [3.63, 3.8) is 0 Å². The molecule has 0 saturated heterocycles. The SMILES string of the molecule is COc1cc(OC)c2c(=O)[nH]c(-c3cc(C)c(OCC(=O)Nc4nc5ccccc5[nH]4)c(C)c3)nc2c1. The van der Waals surface area contributed by atoms with Crippen molar-refractivity contribution in [2.45, 2.75) is 13.8 Å². The molecule has 0 saturated carbocycles. The van der Waals surface area contributed by atoms with E-state index in [-0.39, 0.29) is 18.1 Å². The quantitative estimate of drug-likeness (QED) is 0.307. The van der Waals surface area contributed by atoms with Gasteiger partial charge in [0.2, 0.25) is 5.95 Å². The number of hydrogen-bond donors (Lipinski definition) is 3. The number of aromatic nitrogens is 4. The van der Waals surface area contributed by atoms with Gasteiger partial charge in [0, 0.05) is 17.7 Å². The number of para-hydroxylation sites is 2. The number of aryl methyl sites for hydroxylation is 2. The molecule has 2 aromatic heterocycles. The number of fused-ring (bicyclic) bond motifs is 2. The predicted octanol–water partition coefficient (Wildman–Crippen LogP) is 4.12. The molecule has 0 aliphatic rings. The highest BCUT2D eigenvalue weighted by Crippen LogP contribution is 2.31. The maximum absolute atomic E-state index is 12.9. The molecule has 188 valence electrons. The molecule has 0 atom stereocenters. The standard InChI is InChI=1S/C27H25N5O5/c1-14-9-16(25-28-20-11-17(35-3)12-21(36-4)23(20)26(34)32-25)10-15(2)24(14)37-13-22(33)31-27-29-18-7-5-6-8-19(18)30-27/h5-12H,13H2,1-4H3,(H,28,32,34)(H2,29,30,31,33). The van der Waals surface area contributed by atoms with Crippen LogP contribution in [0.1, 0.15) is 11.1 Å². The number of ether oxygens (including phenoxy) is 3. The summed E-state index contributed by atoms with van der Waals surface area (Å²) in [6.07, 6.45) is 0. The lowest BCUT2D eigenvalue weighted by molar-refractivity contribution is -0.118. The predicted molar refractivity (Wildman–Crippen MR) is 141 cm³/mol. The Kier molecular flexibility index (Phi) is 6.22. The molecule has 10 nitrogen and oxygen atoms in total. The molecular weight excluding hydrogens is 474 g/mol. The molecule has 0 radical (unpaired) electrons. The van der Waals surface area contributed by atoms with Gasteiger partial charge in [-0.25, -0.2) is 9.97 Å². The number of carbonyl (C=O) groups is 1. The smallest absolute Gasteiger partial charge is 0.264 e. The number of nitrogens with one attached hydrogen (secondary N) is 3. The van der Waals surface area contributed by atoms with Crippen molar-refractivity contribution in [3.05, 3.63) is 70.0 Å². The number of carbonyl (C=O) groups excluding carboxylic acids is 1. The van der Waals surface area contributed by atoms with Gasteiger partial charge >= 0.3 is 0 Å². The first kappa shape index (κ1) is 23.9. The van der Waals surface area contributed by atoms with Crippen LogP contribution in [0.2, 0.25) is 0 Å². The van der Waals surface area contributed by atoms with E-state index in [4.69, 9.17) is 14.2 Å². The van der Waals surface area contributed by atoms with Crippen LogP contribution in [0.25, 0.3) is 33.3 Å². The van der Waals surface area contributed by atoms with E-state index in [1.165, 1.54) is 14.2 Å². The fourth-order valence-corrected chi connectivity index (χ4v) is 4.26. The van der Waals surface area contributed by atoms with E-state index in [0.29, 0.717) is 45.5 Å². The lowest BCUT2D eigenvalue weighted by atomic mass is 10.0. The zero-order valence-electron chi connectivity index (χ0n) is 20.8. The van der Waals surface area contributed by atoms with Crippen LogP contribution in [0.3, 0.4) is 0 Å². The Labute approximate surface area is 211 Å². The van der Waals surface area contributed by atoms with Crippen molar-refractivity contribution >= 4 is 33.8 Å². The average molecular weight is 500 g/mol. The summed E-state index contributed by atoms with van der Waals surface area (Å²) in [6, 6.07) is 14.5. The zero-order chi connectivity index (χ0) is 26.1. The first-order chi connectivity index (χ1) is 17.9. The first-order valence-electron chi connectivity index (χ1n) is 11.5. The van der Waals surface area contributed by atoms with E-state index in [9.17, 15) is 9.59 Å². The van der Waals surface area contributed by atoms with Gasteiger partial charge in [-0.15, -0.1) is 0 Å². The summed E-state index contributed by atoms with van der Waals surface area (Å²) in [5.41, 5.74) is 4.01. The number of nitrogens with zero attached hydrogens (tertiary/aromatic N) is 2.